The summed E-state index contributed by atoms with van der Waals surface area (Å²) in [7, 11) is 0. The summed E-state index contributed by atoms with van der Waals surface area (Å²) in [5, 5.41) is 44.2. The van der Waals surface area contributed by atoms with Crippen molar-refractivity contribution in [1.82, 2.24) is 74.0 Å². The van der Waals surface area contributed by atoms with Crippen molar-refractivity contribution in [2.24, 2.45) is 27.4 Å². The molecule has 0 saturated carbocycles. The molecule has 6 aromatic carbocycles. The Morgan fingerprint density at radius 2 is 0.862 bits per heavy atom. The van der Waals surface area contributed by atoms with Crippen molar-refractivity contribution in [3.8, 4) is 45.8 Å². The second-order valence-corrected chi connectivity index (χ2v) is 31.3. The van der Waals surface area contributed by atoms with E-state index in [1.54, 1.807) is 67.3 Å². The van der Waals surface area contributed by atoms with Gasteiger partial charge < -0.3 is 92.1 Å². The van der Waals surface area contributed by atoms with Gasteiger partial charge in [-0.2, -0.15) is 30.2 Å². The molecule has 0 radical (unpaired) electrons. The lowest BCUT2D eigenvalue weighted by Crippen LogP contribution is -2.39. The average Bonchev–Trinajstić information content (AvgIpc) is 1.67. The predicted molar refractivity (Wildman–Crippen MR) is 478 cm³/mol. The zero-order valence-corrected chi connectivity index (χ0v) is 69.7. The Bertz CT molecular complexity index is 6320. The van der Waals surface area contributed by atoms with Gasteiger partial charge in [0.1, 0.15) is 11.2 Å². The minimum atomic E-state index is -0.360. The summed E-state index contributed by atoms with van der Waals surface area (Å²) >= 11 is 0. The number of carbonyl (C=O) groups excluding carboxylic acids is 3. The molecule has 37 nitrogen and oxygen atoms in total. The smallest absolute Gasteiger partial charge is 0.280 e. The highest BCUT2D eigenvalue weighted by atomic mass is 16.4. The Kier molecular flexibility index (Phi) is 24.8. The number of imidazole rings is 2. The van der Waals surface area contributed by atoms with E-state index in [-0.39, 0.29) is 94.8 Å². The highest BCUT2D eigenvalue weighted by Crippen LogP contribution is 2.38. The molecule has 3 saturated heterocycles. The van der Waals surface area contributed by atoms with Gasteiger partial charge in [-0.15, -0.1) is 20.4 Å². The van der Waals surface area contributed by atoms with Gasteiger partial charge in [-0.05, 0) is 213 Å². The van der Waals surface area contributed by atoms with Gasteiger partial charge >= 0.3 is 0 Å². The topological polar surface area (TPSA) is 498 Å². The molecule has 0 atom stereocenters. The number of carbonyl (C=O) groups is 3. The molecule has 0 unspecified atom stereocenters. The molecule has 0 bridgehead atoms. The molecule has 123 heavy (non-hydrogen) atoms. The molecule has 0 aliphatic carbocycles. The molecule has 14 aromatic rings. The number of piperidine rings is 2. The van der Waals surface area contributed by atoms with Crippen LogP contribution in [0.2, 0.25) is 0 Å². The van der Waals surface area contributed by atoms with Crippen LogP contribution in [-0.4, -0.2) is 143 Å². The van der Waals surface area contributed by atoms with E-state index in [2.05, 4.69) is 149 Å². The number of fused-ring (bicyclic) bond motifs is 3. The van der Waals surface area contributed by atoms with Crippen LogP contribution in [0.5, 0.6) is 0 Å². The van der Waals surface area contributed by atoms with Crippen molar-refractivity contribution in [3.63, 3.8) is 0 Å². The van der Waals surface area contributed by atoms with Crippen LogP contribution in [0.1, 0.15) is 125 Å². The quantitative estimate of drug-likeness (QED) is 0.0280. The molecule has 3 fully saturated rings. The highest BCUT2D eigenvalue weighted by molar-refractivity contribution is 5.97. The first kappa shape index (κ1) is 83.5. The molecule has 0 spiro atoms. The number of benzene rings is 6. The molecular weight excluding hydrogens is 1570 g/mol. The summed E-state index contributed by atoms with van der Waals surface area (Å²) in [5.74, 6) is 1.62. The fourth-order valence-electron chi connectivity index (χ4n) is 14.8. The predicted octanol–water partition coefficient (Wildman–Crippen LogP) is 13.9. The zero-order valence-electron chi connectivity index (χ0n) is 69.7. The molecule has 17 rings (SSSR count). The fraction of sp³-hybridized carbons (Fsp3) is 0.314. The van der Waals surface area contributed by atoms with E-state index in [1.165, 1.54) is 39.3 Å². The number of amides is 3. The minimum absolute atomic E-state index is 0.0600. The number of nitrogens with two attached hydrogens (primary N) is 4. The summed E-state index contributed by atoms with van der Waals surface area (Å²) in [4.78, 5) is 101. The maximum absolute atomic E-state index is 13.1. The van der Waals surface area contributed by atoms with Crippen molar-refractivity contribution in [2.75, 3.05) is 91.6 Å². The second kappa shape index (κ2) is 36.6. The van der Waals surface area contributed by atoms with Gasteiger partial charge in [-0.25, -0.2) is 9.97 Å². The first-order chi connectivity index (χ1) is 59.3. The number of hydrogen-bond donors (Lipinski definition) is 12. The number of nitrogens with zero attached hydrogens (tertiary/aromatic N) is 18. The maximum Gasteiger partial charge on any atom is 0.280 e. The van der Waals surface area contributed by atoms with E-state index in [0.717, 1.165) is 93.1 Å². The third-order valence-corrected chi connectivity index (χ3v) is 21.2. The highest BCUT2D eigenvalue weighted by Gasteiger charge is 2.25. The third-order valence-electron chi connectivity index (χ3n) is 21.2. The summed E-state index contributed by atoms with van der Waals surface area (Å²) < 4.78 is 17.8. The van der Waals surface area contributed by atoms with Crippen LogP contribution >= 0.6 is 0 Å². The lowest BCUT2D eigenvalue weighted by molar-refractivity contribution is -0.115. The molecule has 634 valence electrons. The molecule has 37 heteroatoms. The second-order valence-electron chi connectivity index (χ2n) is 31.3. The normalized spacial score (nSPS) is 13.9. The van der Waals surface area contributed by atoms with E-state index >= 15 is 0 Å². The Balaban J connectivity index is 0.000000144. The summed E-state index contributed by atoms with van der Waals surface area (Å²) in [6, 6.07) is 40.8. The van der Waals surface area contributed by atoms with Gasteiger partial charge in [-0.3, -0.25) is 33.9 Å². The van der Waals surface area contributed by atoms with Crippen molar-refractivity contribution >= 4 is 137 Å². The minimum Gasteiger partial charge on any atom is -0.416 e. The van der Waals surface area contributed by atoms with Gasteiger partial charge in [-0.1, -0.05) is 0 Å². The number of hydrogen-bond acceptors (Lipinski definition) is 29. The number of aromatic nitrogens is 15. The van der Waals surface area contributed by atoms with Crippen LogP contribution in [0.4, 0.5) is 86.2 Å². The van der Waals surface area contributed by atoms with Crippen molar-refractivity contribution in [2.45, 2.75) is 138 Å². The van der Waals surface area contributed by atoms with E-state index in [4.69, 9.17) is 36.8 Å². The van der Waals surface area contributed by atoms with E-state index in [1.807, 2.05) is 97.8 Å². The number of anilines is 13. The molecule has 3 aliphatic rings. The Morgan fingerprint density at radius 1 is 0.463 bits per heavy atom. The molecule has 3 amide bonds. The molecular formula is C86H98N30O7. The molecule has 16 N–H and O–H groups in total. The summed E-state index contributed by atoms with van der Waals surface area (Å²) in [5.41, 5.74) is 37.3. The van der Waals surface area contributed by atoms with Gasteiger partial charge in [0.2, 0.25) is 59.1 Å². The van der Waals surface area contributed by atoms with E-state index in [9.17, 15) is 24.0 Å². The van der Waals surface area contributed by atoms with Crippen LogP contribution in [0.3, 0.4) is 0 Å². The van der Waals surface area contributed by atoms with Crippen LogP contribution in [0.15, 0.2) is 175 Å². The van der Waals surface area contributed by atoms with Crippen molar-refractivity contribution in [1.29, 1.82) is 0 Å². The Morgan fingerprint density at radius 3 is 1.34 bits per heavy atom. The molecule has 11 heterocycles. The average molecular weight is 1660 g/mol. The van der Waals surface area contributed by atoms with Crippen LogP contribution in [-0.2, 0) is 20.9 Å². The zero-order chi connectivity index (χ0) is 86.3. The number of azo groups is 1. The van der Waals surface area contributed by atoms with Crippen molar-refractivity contribution < 1.29 is 23.2 Å². The monoisotopic (exact) mass is 1660 g/mol. The van der Waals surface area contributed by atoms with E-state index in [0.29, 0.717) is 108 Å². The Labute approximate surface area is 706 Å². The lowest BCUT2D eigenvalue weighted by Gasteiger charge is -2.32. The number of nitrogens with one attached hydrogen (secondary N) is 8. The number of aromatic amines is 2. The SMILES string of the molecule is CC(=O)Nc1ccc(-c2nnc(-c3ccc(N4CCC(N)CC4)cc3)o2)cc1Nc1nc(N)c2ncn(C(C)C)c2n1.CC(=O)Nc1ccc(-c2nnc(-c3ccc(N4CCC(N)CC4)cc3)o2)cc1Nc1nc2c(c(CN)cn2C(C)C)c(=O)[nH]1.CC(=O)Nc1ccc(N=Nc2ccc(N3CCCC3)cc2)cc1Nc1nc2c(ncn2C(C)C)c(=O)[nH]1. The summed E-state index contributed by atoms with van der Waals surface area (Å²) in [6.07, 6.45) is 11.5. The third kappa shape index (κ3) is 19.3. The number of nitrogen functional groups attached to an aromatic ring is 1. The van der Waals surface area contributed by atoms with Gasteiger partial charge in [0.15, 0.2) is 22.6 Å². The van der Waals surface area contributed by atoms with Crippen LogP contribution in [0.25, 0.3) is 79.2 Å². The largest absolute Gasteiger partial charge is 0.416 e. The Hall–Kier alpha value is -14.6. The number of rotatable bonds is 22. The van der Waals surface area contributed by atoms with Crippen molar-refractivity contribution in [3.05, 3.63) is 173 Å². The lowest BCUT2D eigenvalue weighted by atomic mass is 10.1. The van der Waals surface area contributed by atoms with Gasteiger partial charge in [0.05, 0.1) is 63.5 Å². The molecule has 3 aliphatic heterocycles. The van der Waals surface area contributed by atoms with Gasteiger partial charge in [0, 0.05) is 142 Å². The van der Waals surface area contributed by atoms with Gasteiger partial charge in [0.25, 0.3) is 11.1 Å². The fourth-order valence-corrected chi connectivity index (χ4v) is 14.8. The van der Waals surface area contributed by atoms with Crippen LogP contribution in [0, 0.1) is 0 Å². The summed E-state index contributed by atoms with van der Waals surface area (Å²) in [6.45, 7) is 22.5. The first-order valence-corrected chi connectivity index (χ1v) is 40.9. The standard InChI is InChI=1S/C31H36N10O3.C29H33N11O2.C26H29N9O2/c1-17(2)41-16-21(15-32)26-27(41)36-31(37-28(26)43)35-25-14-20(6-9-24(25)34-18(3)42)30-39-38-29(44-30)19-4-7-23(8-5-19)40-12-10-22(33)11-13-40;1-16(2)40-15-32-24-25(31)35-29(36-26(24)40)34-23-14-19(6-9-22(23)33-17(3)41)28-38-37-27(42-28)18-4-7-21(8-5-18)39-12-10-20(30)11-13-39;1-16(2)35-15-27-23-24(35)30-26(31-25(23)37)29-22-14-19(8-11-21(22)28-17(3)36)33-32-18-6-9-20(10-7-18)34-12-4-5-13-34/h4-9,14,16-17,22H,10-13,15,32-33H2,1-3H3,(H,34,42)(H2,35,36,37,43);4-9,14-16,20H,10-13,30H2,1-3H3,(H,33,41)(H3,31,34,35,36);6-11,14-16H,4-5,12-13H2,1-3H3,(H,28,36)(H2,29,30,31,37). The first-order valence-electron chi connectivity index (χ1n) is 40.9. The van der Waals surface area contributed by atoms with Crippen LogP contribution < -0.4 is 80.7 Å². The maximum atomic E-state index is 13.1. The number of H-pyrrole nitrogens is 2. The molecule has 8 aromatic heterocycles. The van der Waals surface area contributed by atoms with E-state index < -0.39 is 0 Å².